The van der Waals surface area contributed by atoms with Crippen molar-refractivity contribution >= 4 is 34.6 Å². The van der Waals surface area contributed by atoms with E-state index < -0.39 is 0 Å². The first-order chi connectivity index (χ1) is 13.1. The topological polar surface area (TPSA) is 71.6 Å². The van der Waals surface area contributed by atoms with Crippen LogP contribution in [0.3, 0.4) is 0 Å². The summed E-state index contributed by atoms with van der Waals surface area (Å²) in [6.45, 7) is 1.78. The Morgan fingerprint density at radius 3 is 2.67 bits per heavy atom. The van der Waals surface area contributed by atoms with E-state index in [9.17, 15) is 4.79 Å². The Morgan fingerprint density at radius 1 is 1.22 bits per heavy atom. The highest BCUT2D eigenvalue weighted by Gasteiger charge is 2.16. The highest BCUT2D eigenvalue weighted by atomic mass is 35.5. The molecule has 0 fully saturated rings. The molecule has 0 amide bonds. The maximum absolute atomic E-state index is 12.1. The molecule has 0 spiro atoms. The summed E-state index contributed by atoms with van der Waals surface area (Å²) in [6.07, 6.45) is 0.713. The third-order valence-corrected chi connectivity index (χ3v) is 5.61. The van der Waals surface area contributed by atoms with Crippen LogP contribution >= 0.6 is 22.9 Å². The summed E-state index contributed by atoms with van der Waals surface area (Å²) < 4.78 is 5.90. The number of Topliss-reactive ketones (excluding diaryl/α,β-unsaturated/α-hetero) is 1. The Labute approximate surface area is 165 Å². The minimum atomic E-state index is 0.0254. The fraction of sp³-hybridized carbons (Fsp3) is 0.263. The van der Waals surface area contributed by atoms with Gasteiger partial charge in [-0.15, -0.1) is 11.3 Å². The van der Waals surface area contributed by atoms with Gasteiger partial charge in [0.15, 0.2) is 5.78 Å². The average Bonchev–Trinajstić information content (AvgIpc) is 3.41. The van der Waals surface area contributed by atoms with E-state index in [1.807, 2.05) is 31.3 Å². The smallest absolute Gasteiger partial charge is 0.227 e. The van der Waals surface area contributed by atoms with Crippen LogP contribution in [0.5, 0.6) is 0 Å². The standard InChI is InChI=1S/C19H17ClN4O2S/c1-24-11-10-21-19(24)13-4-2-12(3-5-13)18-22-17(26-23-18)9-6-14(25)15-7-8-16(20)27-15/h2-5,7-8H,6,9-11H2,1H3. The van der Waals surface area contributed by atoms with E-state index in [1.165, 1.54) is 11.3 Å². The molecule has 8 heteroatoms. The first-order valence-electron chi connectivity index (χ1n) is 8.57. The van der Waals surface area contributed by atoms with Crippen molar-refractivity contribution in [3.8, 4) is 11.4 Å². The zero-order chi connectivity index (χ0) is 18.8. The van der Waals surface area contributed by atoms with Crippen LogP contribution in [0.15, 0.2) is 45.9 Å². The summed E-state index contributed by atoms with van der Waals surface area (Å²) in [6, 6.07) is 11.4. The third-order valence-electron chi connectivity index (χ3n) is 4.34. The molecule has 4 rings (SSSR count). The van der Waals surface area contributed by atoms with Crippen molar-refractivity contribution in [2.45, 2.75) is 12.8 Å². The van der Waals surface area contributed by atoms with E-state index in [0.29, 0.717) is 33.8 Å². The molecule has 1 aromatic carbocycles. The highest BCUT2D eigenvalue weighted by Crippen LogP contribution is 2.23. The lowest BCUT2D eigenvalue weighted by Gasteiger charge is -2.13. The van der Waals surface area contributed by atoms with E-state index in [1.54, 1.807) is 12.1 Å². The number of ketones is 1. The molecule has 0 saturated heterocycles. The van der Waals surface area contributed by atoms with E-state index >= 15 is 0 Å². The second-order valence-corrected chi connectivity index (χ2v) is 7.96. The molecule has 6 nitrogen and oxygen atoms in total. The predicted octanol–water partition coefficient (Wildman–Crippen LogP) is 3.96. The van der Waals surface area contributed by atoms with Gasteiger partial charge in [-0.05, 0) is 12.1 Å². The lowest BCUT2D eigenvalue weighted by Crippen LogP contribution is -2.23. The molecule has 0 unspecified atom stereocenters. The molecule has 3 aromatic rings. The van der Waals surface area contributed by atoms with E-state index in [4.69, 9.17) is 16.1 Å². The summed E-state index contributed by atoms with van der Waals surface area (Å²) >= 11 is 7.15. The number of aliphatic imine (C=N–C) groups is 1. The van der Waals surface area contributed by atoms with Gasteiger partial charge in [-0.25, -0.2) is 0 Å². The van der Waals surface area contributed by atoms with Crippen LogP contribution in [0.1, 0.15) is 27.5 Å². The Bertz CT molecular complexity index is 993. The molecule has 2 aromatic heterocycles. The number of halogens is 1. The second kappa shape index (κ2) is 7.62. The number of hydrogen-bond acceptors (Lipinski definition) is 7. The number of aryl methyl sites for hydroxylation is 1. The van der Waals surface area contributed by atoms with Gasteiger partial charge in [-0.2, -0.15) is 4.98 Å². The molecular formula is C19H17ClN4O2S. The van der Waals surface area contributed by atoms with Gasteiger partial charge in [0.2, 0.25) is 11.7 Å². The number of carbonyl (C=O) groups excluding carboxylic acids is 1. The first-order valence-corrected chi connectivity index (χ1v) is 9.77. The summed E-state index contributed by atoms with van der Waals surface area (Å²) in [4.78, 5) is 23.8. The number of likely N-dealkylation sites (N-methyl/N-ethyl adjacent to an activating group) is 1. The normalized spacial score (nSPS) is 13.9. The number of amidine groups is 1. The van der Waals surface area contributed by atoms with E-state index in [-0.39, 0.29) is 5.78 Å². The number of hydrogen-bond donors (Lipinski definition) is 0. The van der Waals surface area contributed by atoms with Gasteiger partial charge in [-0.3, -0.25) is 9.79 Å². The molecule has 0 radical (unpaired) electrons. The summed E-state index contributed by atoms with van der Waals surface area (Å²) in [5, 5.41) is 4.03. The molecule has 0 atom stereocenters. The van der Waals surface area contributed by atoms with Gasteiger partial charge in [0, 0.05) is 37.6 Å². The molecule has 1 aliphatic heterocycles. The zero-order valence-electron chi connectivity index (χ0n) is 14.7. The Morgan fingerprint density at radius 2 is 2.00 bits per heavy atom. The van der Waals surface area contributed by atoms with Gasteiger partial charge >= 0.3 is 0 Å². The number of rotatable bonds is 6. The van der Waals surface area contributed by atoms with Crippen LogP contribution in [-0.2, 0) is 6.42 Å². The van der Waals surface area contributed by atoms with Crippen LogP contribution in [0.2, 0.25) is 4.34 Å². The van der Waals surface area contributed by atoms with Crippen molar-refractivity contribution in [2.75, 3.05) is 20.1 Å². The van der Waals surface area contributed by atoms with Crippen LogP contribution in [0.4, 0.5) is 0 Å². The van der Waals surface area contributed by atoms with Crippen molar-refractivity contribution in [3.63, 3.8) is 0 Å². The van der Waals surface area contributed by atoms with Crippen molar-refractivity contribution < 1.29 is 9.32 Å². The number of benzene rings is 1. The molecule has 27 heavy (non-hydrogen) atoms. The Hall–Kier alpha value is -2.51. The van der Waals surface area contributed by atoms with Crippen molar-refractivity contribution in [3.05, 3.63) is 57.1 Å². The third kappa shape index (κ3) is 3.94. The lowest BCUT2D eigenvalue weighted by molar-refractivity contribution is 0.0983. The molecule has 0 N–H and O–H groups in total. The molecular weight excluding hydrogens is 384 g/mol. The molecule has 138 valence electrons. The number of thiophene rings is 1. The molecule has 0 saturated carbocycles. The predicted molar refractivity (Wildman–Crippen MR) is 106 cm³/mol. The molecule has 0 aliphatic carbocycles. The van der Waals surface area contributed by atoms with Gasteiger partial charge in [-0.1, -0.05) is 41.0 Å². The Kier molecular flexibility index (Phi) is 5.05. The van der Waals surface area contributed by atoms with Gasteiger partial charge in [0.1, 0.15) is 5.84 Å². The Balaban J connectivity index is 1.41. The van der Waals surface area contributed by atoms with Gasteiger partial charge < -0.3 is 9.42 Å². The fourth-order valence-corrected chi connectivity index (χ4v) is 3.90. The van der Waals surface area contributed by atoms with E-state index in [2.05, 4.69) is 20.0 Å². The number of nitrogens with zero attached hydrogens (tertiary/aromatic N) is 4. The molecule has 3 heterocycles. The van der Waals surface area contributed by atoms with Crippen molar-refractivity contribution in [1.82, 2.24) is 15.0 Å². The van der Waals surface area contributed by atoms with Crippen molar-refractivity contribution in [1.29, 1.82) is 0 Å². The van der Waals surface area contributed by atoms with E-state index in [0.717, 1.165) is 30.1 Å². The van der Waals surface area contributed by atoms with Crippen LogP contribution in [0, 0.1) is 0 Å². The minimum Gasteiger partial charge on any atom is -0.358 e. The van der Waals surface area contributed by atoms with Crippen molar-refractivity contribution in [2.24, 2.45) is 4.99 Å². The number of aromatic nitrogens is 2. The van der Waals surface area contributed by atoms with Crippen LogP contribution in [0.25, 0.3) is 11.4 Å². The van der Waals surface area contributed by atoms with Gasteiger partial charge in [0.25, 0.3) is 0 Å². The fourth-order valence-electron chi connectivity index (χ4n) is 2.89. The second-order valence-electron chi connectivity index (χ2n) is 6.24. The maximum atomic E-state index is 12.1. The van der Waals surface area contributed by atoms with Crippen LogP contribution in [-0.4, -0.2) is 46.8 Å². The first kappa shape index (κ1) is 17.9. The van der Waals surface area contributed by atoms with Gasteiger partial charge in [0.05, 0.1) is 15.8 Å². The number of carbonyl (C=O) groups is 1. The largest absolute Gasteiger partial charge is 0.358 e. The highest BCUT2D eigenvalue weighted by molar-refractivity contribution is 7.18. The molecule has 0 bridgehead atoms. The zero-order valence-corrected chi connectivity index (χ0v) is 16.3. The minimum absolute atomic E-state index is 0.0254. The quantitative estimate of drug-likeness (QED) is 0.585. The molecule has 1 aliphatic rings. The van der Waals surface area contributed by atoms with Crippen LogP contribution < -0.4 is 0 Å². The monoisotopic (exact) mass is 400 g/mol. The lowest BCUT2D eigenvalue weighted by atomic mass is 10.1. The summed E-state index contributed by atoms with van der Waals surface area (Å²) in [5.74, 6) is 2.00. The maximum Gasteiger partial charge on any atom is 0.227 e. The summed E-state index contributed by atoms with van der Waals surface area (Å²) in [7, 11) is 2.04. The average molecular weight is 401 g/mol. The summed E-state index contributed by atoms with van der Waals surface area (Å²) in [5.41, 5.74) is 1.94. The SMILES string of the molecule is CN1CCN=C1c1ccc(-c2noc(CCC(=O)c3ccc(Cl)s3)n2)cc1.